The molecule has 4 nitrogen and oxygen atoms in total. The van der Waals surface area contributed by atoms with Crippen LogP contribution in [0, 0.1) is 5.82 Å². The Hall–Kier alpha value is -1.62. The van der Waals surface area contributed by atoms with Crippen LogP contribution in [0.2, 0.25) is 0 Å². The smallest absolute Gasteiger partial charge is 0.191 e. The number of aliphatic imine (C=N–C) groups is 1. The van der Waals surface area contributed by atoms with Crippen LogP contribution < -0.4 is 10.6 Å². The predicted octanol–water partition coefficient (Wildman–Crippen LogP) is 3.09. The fraction of sp³-hybridized carbons (Fsp3) is 0.611. The van der Waals surface area contributed by atoms with Gasteiger partial charge in [-0.3, -0.25) is 4.99 Å². The molecule has 0 atom stereocenters. The molecule has 0 aliphatic rings. The first kappa shape index (κ1) is 19.4. The Morgan fingerprint density at radius 2 is 2.04 bits per heavy atom. The number of nitrogens with zero attached hydrogens (tertiary/aromatic N) is 1. The van der Waals surface area contributed by atoms with Crippen LogP contribution in [-0.2, 0) is 10.2 Å². The summed E-state index contributed by atoms with van der Waals surface area (Å²) in [6.07, 6.45) is 0.936. The molecule has 0 aromatic heterocycles. The Balaban J connectivity index is 2.60. The van der Waals surface area contributed by atoms with Crippen molar-refractivity contribution in [2.45, 2.75) is 39.5 Å². The normalized spacial score (nSPS) is 12.3. The highest BCUT2D eigenvalue weighted by molar-refractivity contribution is 5.79. The lowest BCUT2D eigenvalue weighted by Crippen LogP contribution is -2.39. The molecule has 0 radical (unpaired) electrons. The summed E-state index contributed by atoms with van der Waals surface area (Å²) in [6, 6.07) is 6.74. The van der Waals surface area contributed by atoms with Gasteiger partial charge in [0.15, 0.2) is 5.96 Å². The summed E-state index contributed by atoms with van der Waals surface area (Å²) in [5.74, 6) is 0.578. The molecule has 5 heteroatoms. The summed E-state index contributed by atoms with van der Waals surface area (Å²) in [4.78, 5) is 4.64. The highest BCUT2D eigenvalue weighted by atomic mass is 19.1. The first-order chi connectivity index (χ1) is 11.0. The Kier molecular flexibility index (Phi) is 8.62. The van der Waals surface area contributed by atoms with Crippen LogP contribution in [0.25, 0.3) is 0 Å². The Bertz CT molecular complexity index is 489. The molecule has 1 aromatic rings. The number of rotatable bonds is 9. The van der Waals surface area contributed by atoms with Crippen LogP contribution in [0.3, 0.4) is 0 Å². The van der Waals surface area contributed by atoms with E-state index in [1.165, 1.54) is 6.07 Å². The lowest BCUT2D eigenvalue weighted by atomic mass is 9.85. The van der Waals surface area contributed by atoms with Gasteiger partial charge in [-0.1, -0.05) is 26.0 Å². The molecule has 0 aliphatic heterocycles. The first-order valence-corrected chi connectivity index (χ1v) is 8.35. The van der Waals surface area contributed by atoms with Gasteiger partial charge in [-0.05, 0) is 38.0 Å². The summed E-state index contributed by atoms with van der Waals surface area (Å²) in [5, 5.41) is 6.53. The maximum Gasteiger partial charge on any atom is 0.191 e. The standard InChI is InChI=1S/C18H30FN3O/c1-5-20-17(21-11-8-12-23-6-2)22-14-18(3,4)15-9-7-10-16(19)13-15/h7,9-10,13H,5-6,8,11-12,14H2,1-4H3,(H2,20,21,22). The van der Waals surface area contributed by atoms with Crippen LogP contribution in [0.1, 0.15) is 39.7 Å². The average Bonchev–Trinajstić information content (AvgIpc) is 2.52. The molecule has 23 heavy (non-hydrogen) atoms. The van der Waals surface area contributed by atoms with E-state index >= 15 is 0 Å². The van der Waals surface area contributed by atoms with E-state index in [1.54, 1.807) is 12.1 Å². The van der Waals surface area contributed by atoms with Crippen molar-refractivity contribution in [3.8, 4) is 0 Å². The van der Waals surface area contributed by atoms with Gasteiger partial charge in [0, 0.05) is 31.7 Å². The number of hydrogen-bond acceptors (Lipinski definition) is 2. The van der Waals surface area contributed by atoms with Crippen molar-refractivity contribution < 1.29 is 9.13 Å². The molecule has 0 fully saturated rings. The van der Waals surface area contributed by atoms with E-state index in [-0.39, 0.29) is 11.2 Å². The molecular weight excluding hydrogens is 293 g/mol. The van der Waals surface area contributed by atoms with Crippen LogP contribution in [0.4, 0.5) is 4.39 Å². The van der Waals surface area contributed by atoms with E-state index in [1.807, 2.05) is 19.9 Å². The number of benzene rings is 1. The van der Waals surface area contributed by atoms with Gasteiger partial charge >= 0.3 is 0 Å². The van der Waals surface area contributed by atoms with Crippen LogP contribution in [-0.4, -0.2) is 38.8 Å². The average molecular weight is 323 g/mol. The van der Waals surface area contributed by atoms with E-state index in [9.17, 15) is 4.39 Å². The first-order valence-electron chi connectivity index (χ1n) is 8.35. The number of nitrogens with one attached hydrogen (secondary N) is 2. The highest BCUT2D eigenvalue weighted by Crippen LogP contribution is 2.24. The summed E-state index contributed by atoms with van der Waals surface area (Å²) >= 11 is 0. The fourth-order valence-electron chi connectivity index (χ4n) is 2.14. The quantitative estimate of drug-likeness (QED) is 0.417. The summed E-state index contributed by atoms with van der Waals surface area (Å²) in [7, 11) is 0. The van der Waals surface area contributed by atoms with Crippen molar-refractivity contribution in [1.82, 2.24) is 10.6 Å². The molecule has 0 heterocycles. The van der Waals surface area contributed by atoms with Crippen molar-refractivity contribution >= 4 is 5.96 Å². The third kappa shape index (κ3) is 7.46. The minimum Gasteiger partial charge on any atom is -0.382 e. The van der Waals surface area contributed by atoms with Crippen molar-refractivity contribution in [2.24, 2.45) is 4.99 Å². The van der Waals surface area contributed by atoms with E-state index in [4.69, 9.17) is 4.74 Å². The molecular formula is C18H30FN3O. The van der Waals surface area contributed by atoms with Crippen molar-refractivity contribution in [2.75, 3.05) is 32.8 Å². The topological polar surface area (TPSA) is 45.7 Å². The third-order valence-electron chi connectivity index (χ3n) is 3.54. The second-order valence-electron chi connectivity index (χ2n) is 6.07. The molecule has 0 amide bonds. The van der Waals surface area contributed by atoms with E-state index in [2.05, 4.69) is 29.5 Å². The van der Waals surface area contributed by atoms with Crippen LogP contribution in [0.5, 0.6) is 0 Å². The molecule has 0 spiro atoms. The number of guanidine groups is 1. The zero-order chi connectivity index (χ0) is 17.1. The maximum absolute atomic E-state index is 13.4. The second kappa shape index (κ2) is 10.2. The Morgan fingerprint density at radius 3 is 2.70 bits per heavy atom. The number of halogens is 1. The highest BCUT2D eigenvalue weighted by Gasteiger charge is 2.20. The van der Waals surface area contributed by atoms with Gasteiger partial charge in [-0.2, -0.15) is 0 Å². The van der Waals surface area contributed by atoms with Gasteiger partial charge in [0.25, 0.3) is 0 Å². The van der Waals surface area contributed by atoms with Crippen molar-refractivity contribution in [3.05, 3.63) is 35.6 Å². The molecule has 1 rings (SSSR count). The van der Waals surface area contributed by atoms with Gasteiger partial charge in [0.05, 0.1) is 6.54 Å². The minimum absolute atomic E-state index is 0.208. The lowest BCUT2D eigenvalue weighted by molar-refractivity contribution is 0.145. The van der Waals surface area contributed by atoms with Crippen molar-refractivity contribution in [1.29, 1.82) is 0 Å². The maximum atomic E-state index is 13.4. The van der Waals surface area contributed by atoms with E-state index in [0.717, 1.165) is 44.2 Å². The summed E-state index contributed by atoms with van der Waals surface area (Å²) in [5.41, 5.74) is 0.726. The van der Waals surface area contributed by atoms with Gasteiger partial charge in [-0.25, -0.2) is 4.39 Å². The van der Waals surface area contributed by atoms with Gasteiger partial charge in [0.2, 0.25) is 0 Å². The molecule has 130 valence electrons. The fourth-order valence-corrected chi connectivity index (χ4v) is 2.14. The minimum atomic E-state index is -0.226. The number of ether oxygens (including phenoxy) is 1. The molecule has 0 unspecified atom stereocenters. The van der Waals surface area contributed by atoms with E-state index < -0.39 is 0 Å². The molecule has 0 aliphatic carbocycles. The predicted molar refractivity (Wildman–Crippen MR) is 94.5 cm³/mol. The van der Waals surface area contributed by atoms with Gasteiger partial charge in [0.1, 0.15) is 5.82 Å². The molecule has 2 N–H and O–H groups in total. The third-order valence-corrected chi connectivity index (χ3v) is 3.54. The van der Waals surface area contributed by atoms with Gasteiger partial charge in [-0.15, -0.1) is 0 Å². The Morgan fingerprint density at radius 1 is 1.26 bits per heavy atom. The SMILES string of the molecule is CCNC(=NCC(C)(C)c1cccc(F)c1)NCCCOCC. The van der Waals surface area contributed by atoms with Gasteiger partial charge < -0.3 is 15.4 Å². The Labute approximate surface area is 139 Å². The van der Waals surface area contributed by atoms with Crippen LogP contribution in [0.15, 0.2) is 29.3 Å². The monoisotopic (exact) mass is 323 g/mol. The second-order valence-corrected chi connectivity index (χ2v) is 6.07. The molecule has 0 bridgehead atoms. The number of hydrogen-bond donors (Lipinski definition) is 2. The lowest BCUT2D eigenvalue weighted by Gasteiger charge is -2.24. The van der Waals surface area contributed by atoms with E-state index in [0.29, 0.717) is 6.54 Å². The molecule has 0 saturated heterocycles. The van der Waals surface area contributed by atoms with Crippen LogP contribution >= 0.6 is 0 Å². The molecule has 1 aromatic carbocycles. The largest absolute Gasteiger partial charge is 0.382 e. The zero-order valence-electron chi connectivity index (χ0n) is 14.8. The summed E-state index contributed by atoms with van der Waals surface area (Å²) < 4.78 is 18.7. The summed E-state index contributed by atoms with van der Waals surface area (Å²) in [6.45, 7) is 11.9. The zero-order valence-corrected chi connectivity index (χ0v) is 14.8. The molecule has 0 saturated carbocycles. The van der Waals surface area contributed by atoms with Crippen molar-refractivity contribution in [3.63, 3.8) is 0 Å².